The van der Waals surface area contributed by atoms with Crippen molar-refractivity contribution in [2.75, 3.05) is 26.2 Å². The molecule has 1 aromatic heterocycles. The third-order valence-corrected chi connectivity index (χ3v) is 6.95. The Kier molecular flexibility index (Phi) is 5.36. The van der Waals surface area contributed by atoms with Crippen molar-refractivity contribution in [2.45, 2.75) is 18.2 Å². The second-order valence-corrected chi connectivity index (χ2v) is 8.96. The molecule has 9 heteroatoms. The summed E-state index contributed by atoms with van der Waals surface area (Å²) >= 11 is 1.51. The van der Waals surface area contributed by atoms with E-state index in [0.717, 1.165) is 10.7 Å². The molecule has 2 aromatic rings. The summed E-state index contributed by atoms with van der Waals surface area (Å²) in [5, 5.41) is 11.6. The molecule has 0 spiro atoms. The van der Waals surface area contributed by atoms with Crippen molar-refractivity contribution in [3.63, 3.8) is 0 Å². The van der Waals surface area contributed by atoms with Gasteiger partial charge in [-0.05, 0) is 31.2 Å². The Balaban J connectivity index is 1.62. The van der Waals surface area contributed by atoms with Crippen molar-refractivity contribution in [3.05, 3.63) is 45.9 Å². The van der Waals surface area contributed by atoms with Gasteiger partial charge in [-0.2, -0.15) is 9.57 Å². The summed E-state index contributed by atoms with van der Waals surface area (Å²) in [6.45, 7) is 3.12. The minimum Gasteiger partial charge on any atom is -0.340 e. The first-order valence-electron chi connectivity index (χ1n) is 8.09. The van der Waals surface area contributed by atoms with Crippen LogP contribution in [0.2, 0.25) is 0 Å². The molecular formula is C17H18N4O3S2. The summed E-state index contributed by atoms with van der Waals surface area (Å²) in [6.07, 6.45) is 0.243. The lowest BCUT2D eigenvalue weighted by molar-refractivity contribution is -0.131. The smallest absolute Gasteiger partial charge is 0.243 e. The van der Waals surface area contributed by atoms with Crippen LogP contribution in [0.5, 0.6) is 0 Å². The Morgan fingerprint density at radius 1 is 1.23 bits per heavy atom. The molecule has 3 rings (SSSR count). The second kappa shape index (κ2) is 7.53. The summed E-state index contributed by atoms with van der Waals surface area (Å²) in [6, 6.07) is 7.83. The zero-order chi connectivity index (χ0) is 18.7. The zero-order valence-electron chi connectivity index (χ0n) is 14.3. The number of carbonyl (C=O) groups excluding carboxylic acids is 1. The van der Waals surface area contributed by atoms with E-state index < -0.39 is 10.0 Å². The quantitative estimate of drug-likeness (QED) is 0.786. The number of aryl methyl sites for hydroxylation is 1. The van der Waals surface area contributed by atoms with Crippen LogP contribution >= 0.6 is 11.3 Å². The standard InChI is InChI=1S/C17H18N4O3S2/c1-13-19-15(12-25-13)10-17(22)20-6-8-21(9-7-20)26(23,24)16-4-2-14(11-18)3-5-16/h2-5,12H,6-10H2,1H3. The number of thiazole rings is 1. The maximum atomic E-state index is 12.7. The molecule has 7 nitrogen and oxygen atoms in total. The first kappa shape index (κ1) is 18.5. The molecule has 136 valence electrons. The highest BCUT2D eigenvalue weighted by molar-refractivity contribution is 7.89. The summed E-state index contributed by atoms with van der Waals surface area (Å²) in [7, 11) is -3.62. The Hall–Kier alpha value is -2.28. The Labute approximate surface area is 156 Å². The van der Waals surface area contributed by atoms with Crippen molar-refractivity contribution < 1.29 is 13.2 Å². The molecule has 1 aliphatic rings. The maximum Gasteiger partial charge on any atom is 0.243 e. The Morgan fingerprint density at radius 2 is 1.88 bits per heavy atom. The number of benzene rings is 1. The molecule has 0 radical (unpaired) electrons. The average molecular weight is 390 g/mol. The molecule has 2 heterocycles. The molecule has 0 aliphatic carbocycles. The van der Waals surface area contributed by atoms with E-state index >= 15 is 0 Å². The molecule has 0 atom stereocenters. The van der Waals surface area contributed by atoms with Gasteiger partial charge in [0.25, 0.3) is 0 Å². The molecule has 0 unspecified atom stereocenters. The SMILES string of the molecule is Cc1nc(CC(=O)N2CCN(S(=O)(=O)c3ccc(C#N)cc3)CC2)cs1. The normalized spacial score (nSPS) is 15.6. The van der Waals surface area contributed by atoms with Crippen LogP contribution < -0.4 is 0 Å². The zero-order valence-corrected chi connectivity index (χ0v) is 15.9. The van der Waals surface area contributed by atoms with Crippen molar-refractivity contribution in [3.8, 4) is 6.07 Å². The van der Waals surface area contributed by atoms with Gasteiger partial charge in [-0.1, -0.05) is 0 Å². The first-order chi connectivity index (χ1) is 12.4. The number of carbonyl (C=O) groups is 1. The summed E-state index contributed by atoms with van der Waals surface area (Å²) in [5.41, 5.74) is 1.17. The number of sulfonamides is 1. The number of hydrogen-bond donors (Lipinski definition) is 0. The fourth-order valence-electron chi connectivity index (χ4n) is 2.78. The van der Waals surface area contributed by atoms with Gasteiger partial charge in [0, 0.05) is 31.6 Å². The van der Waals surface area contributed by atoms with E-state index in [4.69, 9.17) is 5.26 Å². The molecule has 0 bridgehead atoms. The van der Waals surface area contributed by atoms with E-state index in [1.54, 1.807) is 4.90 Å². The first-order valence-corrected chi connectivity index (χ1v) is 10.4. The maximum absolute atomic E-state index is 12.7. The topological polar surface area (TPSA) is 94.4 Å². The number of nitriles is 1. The predicted octanol–water partition coefficient (Wildman–Crippen LogP) is 1.40. The van der Waals surface area contributed by atoms with Crippen LogP contribution in [-0.2, 0) is 21.2 Å². The lowest BCUT2D eigenvalue weighted by Gasteiger charge is -2.34. The van der Waals surface area contributed by atoms with Crippen LogP contribution in [0.3, 0.4) is 0 Å². The third kappa shape index (κ3) is 3.93. The number of hydrogen-bond acceptors (Lipinski definition) is 6. The predicted molar refractivity (Wildman–Crippen MR) is 97.1 cm³/mol. The second-order valence-electron chi connectivity index (χ2n) is 5.96. The molecule has 1 saturated heterocycles. The Bertz CT molecular complexity index is 937. The lowest BCUT2D eigenvalue weighted by atomic mass is 10.2. The minimum atomic E-state index is -3.62. The third-order valence-electron chi connectivity index (χ3n) is 4.21. The number of piperazine rings is 1. The van der Waals surface area contributed by atoms with Crippen LogP contribution in [0, 0.1) is 18.3 Å². The van der Waals surface area contributed by atoms with Gasteiger partial charge in [0.2, 0.25) is 15.9 Å². The van der Waals surface area contributed by atoms with Gasteiger partial charge in [-0.25, -0.2) is 13.4 Å². The van der Waals surface area contributed by atoms with Crippen molar-refractivity contribution in [1.29, 1.82) is 5.26 Å². The van der Waals surface area contributed by atoms with Gasteiger partial charge in [-0.15, -0.1) is 11.3 Å². The molecule has 26 heavy (non-hydrogen) atoms. The number of rotatable bonds is 4. The average Bonchev–Trinajstić information content (AvgIpc) is 3.06. The van der Waals surface area contributed by atoms with E-state index in [2.05, 4.69) is 4.98 Å². The lowest BCUT2D eigenvalue weighted by Crippen LogP contribution is -2.50. The van der Waals surface area contributed by atoms with Gasteiger partial charge in [0.15, 0.2) is 0 Å². The molecule has 1 aromatic carbocycles. The highest BCUT2D eigenvalue weighted by Crippen LogP contribution is 2.19. The van der Waals surface area contributed by atoms with E-state index in [-0.39, 0.29) is 30.3 Å². The number of amides is 1. The molecule has 1 aliphatic heterocycles. The molecular weight excluding hydrogens is 372 g/mol. The molecule has 0 saturated carbocycles. The summed E-state index contributed by atoms with van der Waals surface area (Å²) in [4.78, 5) is 18.5. The molecule has 1 amide bonds. The van der Waals surface area contributed by atoms with Crippen LogP contribution in [0.1, 0.15) is 16.3 Å². The Morgan fingerprint density at radius 3 is 2.42 bits per heavy atom. The fraction of sp³-hybridized carbons (Fsp3) is 0.353. The van der Waals surface area contributed by atoms with Crippen molar-refractivity contribution >= 4 is 27.3 Å². The van der Waals surface area contributed by atoms with Crippen LogP contribution in [0.15, 0.2) is 34.5 Å². The van der Waals surface area contributed by atoms with E-state index in [9.17, 15) is 13.2 Å². The van der Waals surface area contributed by atoms with Gasteiger partial charge in [0.05, 0.1) is 33.7 Å². The number of aromatic nitrogens is 1. The summed E-state index contributed by atoms with van der Waals surface area (Å²) in [5.74, 6) is -0.0364. The van der Waals surface area contributed by atoms with Gasteiger partial charge in [-0.3, -0.25) is 4.79 Å². The van der Waals surface area contributed by atoms with E-state index in [0.29, 0.717) is 18.7 Å². The minimum absolute atomic E-state index is 0.0364. The van der Waals surface area contributed by atoms with Crippen LogP contribution in [-0.4, -0.2) is 54.7 Å². The van der Waals surface area contributed by atoms with E-state index in [1.165, 1.54) is 39.9 Å². The van der Waals surface area contributed by atoms with Crippen LogP contribution in [0.25, 0.3) is 0 Å². The monoisotopic (exact) mass is 390 g/mol. The van der Waals surface area contributed by atoms with Gasteiger partial charge >= 0.3 is 0 Å². The van der Waals surface area contributed by atoms with Crippen molar-refractivity contribution in [1.82, 2.24) is 14.2 Å². The fourth-order valence-corrected chi connectivity index (χ4v) is 4.82. The van der Waals surface area contributed by atoms with Crippen molar-refractivity contribution in [2.24, 2.45) is 0 Å². The summed E-state index contributed by atoms with van der Waals surface area (Å²) < 4.78 is 26.8. The molecule has 0 N–H and O–H groups in total. The van der Waals surface area contributed by atoms with Gasteiger partial charge in [0.1, 0.15) is 0 Å². The van der Waals surface area contributed by atoms with Gasteiger partial charge < -0.3 is 4.90 Å². The highest BCUT2D eigenvalue weighted by Gasteiger charge is 2.30. The van der Waals surface area contributed by atoms with Crippen LogP contribution in [0.4, 0.5) is 0 Å². The largest absolute Gasteiger partial charge is 0.340 e. The number of nitrogens with zero attached hydrogens (tertiary/aromatic N) is 4. The molecule has 1 fully saturated rings. The highest BCUT2D eigenvalue weighted by atomic mass is 32.2. The van der Waals surface area contributed by atoms with E-state index in [1.807, 2.05) is 18.4 Å².